The Kier molecular flexibility index (Phi) is 6.06. The molecule has 1 aliphatic heterocycles. The van der Waals surface area contributed by atoms with E-state index in [1.54, 1.807) is 24.1 Å². The summed E-state index contributed by atoms with van der Waals surface area (Å²) in [5, 5.41) is 3.01. The Balaban J connectivity index is 1.82. The molecule has 8 heteroatoms. The lowest BCUT2D eigenvalue weighted by Gasteiger charge is -2.36. The van der Waals surface area contributed by atoms with Gasteiger partial charge >= 0.3 is 5.97 Å². The molecule has 0 aliphatic carbocycles. The maximum Gasteiger partial charge on any atom is 0.325 e. The third-order valence-corrected chi connectivity index (χ3v) is 3.62. The number of ether oxygens (including phenoxy) is 1. The minimum Gasteiger partial charge on any atom is -0.459 e. The summed E-state index contributed by atoms with van der Waals surface area (Å²) < 4.78 is 10.4. The van der Waals surface area contributed by atoms with Crippen molar-refractivity contribution < 1.29 is 18.7 Å². The van der Waals surface area contributed by atoms with Crippen LogP contribution in [0, 0.1) is 0 Å². The standard InChI is InChI=1S/C17H26N4O4/c1-17(2,3)25-14(22)12-19-16(18-4)21-9-7-20(8-10-21)15(23)13-6-5-11-24-13/h5-6,11H,7-10,12H2,1-4H3,(H,18,19). The highest BCUT2D eigenvalue weighted by atomic mass is 16.6. The summed E-state index contributed by atoms with van der Waals surface area (Å²) in [5.41, 5.74) is -0.514. The number of hydrogen-bond acceptors (Lipinski definition) is 5. The second-order valence-corrected chi connectivity index (χ2v) is 6.74. The minimum atomic E-state index is -0.514. The summed E-state index contributed by atoms with van der Waals surface area (Å²) in [7, 11) is 1.66. The molecule has 8 nitrogen and oxygen atoms in total. The number of carbonyl (C=O) groups is 2. The third kappa shape index (κ3) is 5.51. The van der Waals surface area contributed by atoms with Crippen LogP contribution in [0.5, 0.6) is 0 Å². The number of piperazine rings is 1. The van der Waals surface area contributed by atoms with E-state index in [-0.39, 0.29) is 18.4 Å². The van der Waals surface area contributed by atoms with Gasteiger partial charge in [0.2, 0.25) is 0 Å². The molecule has 0 spiro atoms. The van der Waals surface area contributed by atoms with E-state index >= 15 is 0 Å². The predicted octanol–water partition coefficient (Wildman–Crippen LogP) is 0.955. The highest BCUT2D eigenvalue weighted by molar-refractivity contribution is 5.91. The number of nitrogens with zero attached hydrogens (tertiary/aromatic N) is 3. The van der Waals surface area contributed by atoms with E-state index in [1.165, 1.54) is 6.26 Å². The fraction of sp³-hybridized carbons (Fsp3) is 0.588. The van der Waals surface area contributed by atoms with Gasteiger partial charge in [-0.3, -0.25) is 14.6 Å². The van der Waals surface area contributed by atoms with Crippen molar-refractivity contribution in [1.82, 2.24) is 15.1 Å². The SMILES string of the molecule is CN=C(NCC(=O)OC(C)(C)C)N1CCN(C(=O)c2ccco2)CC1. The van der Waals surface area contributed by atoms with Gasteiger partial charge in [0.15, 0.2) is 11.7 Å². The molecule has 1 saturated heterocycles. The molecule has 0 saturated carbocycles. The van der Waals surface area contributed by atoms with Gasteiger partial charge in [0.05, 0.1) is 6.26 Å². The molecule has 2 heterocycles. The molecule has 1 N–H and O–H groups in total. The molecular weight excluding hydrogens is 324 g/mol. The van der Waals surface area contributed by atoms with E-state index in [9.17, 15) is 9.59 Å². The summed E-state index contributed by atoms with van der Waals surface area (Å²) in [6.07, 6.45) is 1.49. The summed E-state index contributed by atoms with van der Waals surface area (Å²) >= 11 is 0. The zero-order chi connectivity index (χ0) is 18.4. The van der Waals surface area contributed by atoms with Gasteiger partial charge in [-0.15, -0.1) is 0 Å². The molecule has 0 bridgehead atoms. The van der Waals surface area contributed by atoms with Gasteiger partial charge in [-0.1, -0.05) is 0 Å². The normalized spacial score (nSPS) is 15.9. The Labute approximate surface area is 147 Å². The third-order valence-electron chi connectivity index (χ3n) is 3.62. The van der Waals surface area contributed by atoms with Gasteiger partial charge in [-0.2, -0.15) is 0 Å². The van der Waals surface area contributed by atoms with Gasteiger partial charge in [0, 0.05) is 33.2 Å². The molecule has 1 fully saturated rings. The first-order chi connectivity index (χ1) is 11.8. The van der Waals surface area contributed by atoms with Crippen molar-refractivity contribution in [3.63, 3.8) is 0 Å². The van der Waals surface area contributed by atoms with E-state index in [4.69, 9.17) is 9.15 Å². The molecule has 25 heavy (non-hydrogen) atoms. The molecule has 138 valence electrons. The van der Waals surface area contributed by atoms with Crippen molar-refractivity contribution in [2.75, 3.05) is 39.8 Å². The van der Waals surface area contributed by atoms with E-state index in [2.05, 4.69) is 10.3 Å². The first-order valence-electron chi connectivity index (χ1n) is 8.30. The summed E-state index contributed by atoms with van der Waals surface area (Å²) in [6, 6.07) is 3.36. The largest absolute Gasteiger partial charge is 0.459 e. The van der Waals surface area contributed by atoms with Crippen LogP contribution in [0.15, 0.2) is 27.8 Å². The van der Waals surface area contributed by atoms with Crippen LogP contribution in [-0.4, -0.2) is 73.0 Å². The Morgan fingerprint density at radius 3 is 2.40 bits per heavy atom. The Morgan fingerprint density at radius 2 is 1.88 bits per heavy atom. The number of furan rings is 1. The molecule has 0 unspecified atom stereocenters. The molecule has 0 atom stereocenters. The van der Waals surface area contributed by atoms with Gasteiger partial charge in [0.25, 0.3) is 5.91 Å². The number of nitrogens with one attached hydrogen (secondary N) is 1. The van der Waals surface area contributed by atoms with Gasteiger partial charge in [0.1, 0.15) is 12.1 Å². The lowest BCUT2D eigenvalue weighted by Crippen LogP contribution is -2.54. The van der Waals surface area contributed by atoms with Crippen LogP contribution in [0.4, 0.5) is 0 Å². The second-order valence-electron chi connectivity index (χ2n) is 6.74. The Bertz CT molecular complexity index is 611. The summed E-state index contributed by atoms with van der Waals surface area (Å²) in [4.78, 5) is 32.0. The van der Waals surface area contributed by atoms with Crippen molar-refractivity contribution in [2.45, 2.75) is 26.4 Å². The van der Waals surface area contributed by atoms with Crippen molar-refractivity contribution >= 4 is 17.8 Å². The van der Waals surface area contributed by atoms with Crippen LogP contribution in [0.3, 0.4) is 0 Å². The van der Waals surface area contributed by atoms with E-state index in [0.717, 1.165) is 0 Å². The van der Waals surface area contributed by atoms with Crippen LogP contribution >= 0.6 is 0 Å². The Hall–Kier alpha value is -2.51. The zero-order valence-electron chi connectivity index (χ0n) is 15.2. The maximum atomic E-state index is 12.3. The average molecular weight is 350 g/mol. The number of rotatable bonds is 3. The quantitative estimate of drug-likeness (QED) is 0.496. The summed E-state index contributed by atoms with van der Waals surface area (Å²) in [5.74, 6) is 0.526. The Morgan fingerprint density at radius 1 is 1.24 bits per heavy atom. The lowest BCUT2D eigenvalue weighted by molar-refractivity contribution is -0.153. The molecule has 1 aliphatic rings. The molecule has 1 amide bonds. The zero-order valence-corrected chi connectivity index (χ0v) is 15.2. The maximum absolute atomic E-state index is 12.3. The van der Waals surface area contributed by atoms with E-state index in [0.29, 0.717) is 37.9 Å². The van der Waals surface area contributed by atoms with Gasteiger partial charge in [-0.25, -0.2) is 0 Å². The number of hydrogen-bond donors (Lipinski definition) is 1. The molecule has 0 aromatic carbocycles. The summed E-state index contributed by atoms with van der Waals surface area (Å²) in [6.45, 7) is 7.91. The first kappa shape index (κ1) is 18.8. The van der Waals surface area contributed by atoms with E-state index in [1.807, 2.05) is 25.7 Å². The molecular formula is C17H26N4O4. The topological polar surface area (TPSA) is 87.4 Å². The molecule has 2 rings (SSSR count). The molecule has 1 aromatic rings. The van der Waals surface area contributed by atoms with Crippen molar-refractivity contribution in [3.8, 4) is 0 Å². The van der Waals surface area contributed by atoms with Crippen molar-refractivity contribution in [2.24, 2.45) is 4.99 Å². The number of guanidine groups is 1. The van der Waals surface area contributed by atoms with Crippen molar-refractivity contribution in [1.29, 1.82) is 0 Å². The fourth-order valence-electron chi connectivity index (χ4n) is 2.54. The number of esters is 1. The van der Waals surface area contributed by atoms with Crippen LogP contribution < -0.4 is 5.32 Å². The average Bonchev–Trinajstić information content (AvgIpc) is 3.08. The van der Waals surface area contributed by atoms with Crippen LogP contribution in [0.1, 0.15) is 31.3 Å². The van der Waals surface area contributed by atoms with Crippen molar-refractivity contribution in [3.05, 3.63) is 24.2 Å². The van der Waals surface area contributed by atoms with Gasteiger partial charge < -0.3 is 24.3 Å². The first-order valence-corrected chi connectivity index (χ1v) is 8.30. The minimum absolute atomic E-state index is 0.0511. The number of aliphatic imine (C=N–C) groups is 1. The fourth-order valence-corrected chi connectivity index (χ4v) is 2.54. The number of amides is 1. The monoisotopic (exact) mass is 350 g/mol. The van der Waals surface area contributed by atoms with Crippen LogP contribution in [0.25, 0.3) is 0 Å². The van der Waals surface area contributed by atoms with E-state index < -0.39 is 5.60 Å². The van der Waals surface area contributed by atoms with Crippen LogP contribution in [-0.2, 0) is 9.53 Å². The highest BCUT2D eigenvalue weighted by Crippen LogP contribution is 2.10. The second kappa shape index (κ2) is 8.04. The molecule has 1 aromatic heterocycles. The molecule has 0 radical (unpaired) electrons. The van der Waals surface area contributed by atoms with Gasteiger partial charge in [-0.05, 0) is 32.9 Å². The number of carbonyl (C=O) groups excluding carboxylic acids is 2. The smallest absolute Gasteiger partial charge is 0.325 e. The van der Waals surface area contributed by atoms with Crippen LogP contribution in [0.2, 0.25) is 0 Å². The highest BCUT2D eigenvalue weighted by Gasteiger charge is 2.25. The lowest BCUT2D eigenvalue weighted by atomic mass is 10.2. The predicted molar refractivity (Wildman–Crippen MR) is 93.4 cm³/mol.